The van der Waals surface area contributed by atoms with Crippen molar-refractivity contribution in [2.75, 3.05) is 11.9 Å². The predicted molar refractivity (Wildman–Crippen MR) is 99.9 cm³/mol. The van der Waals surface area contributed by atoms with Crippen molar-refractivity contribution >= 4 is 11.9 Å². The molecule has 0 atom stereocenters. The molecule has 1 amide bonds. The van der Waals surface area contributed by atoms with E-state index in [1.165, 1.54) is 5.56 Å². The molecule has 0 aliphatic heterocycles. The van der Waals surface area contributed by atoms with Crippen molar-refractivity contribution in [2.24, 2.45) is 0 Å². The van der Waals surface area contributed by atoms with Gasteiger partial charge in [0.1, 0.15) is 11.5 Å². The number of nitrogens with one attached hydrogen (secondary N) is 2. The second kappa shape index (κ2) is 8.80. The van der Waals surface area contributed by atoms with Crippen LogP contribution in [0.5, 0.6) is 0 Å². The Morgan fingerprint density at radius 1 is 1.12 bits per heavy atom. The van der Waals surface area contributed by atoms with Gasteiger partial charge in [-0.15, -0.1) is 0 Å². The SMILES string of the molecule is Cc1cc(C(=O)NCCCc2ccccc2)nc(NCc2ccco2)n1. The zero-order valence-electron chi connectivity index (χ0n) is 14.7. The first-order chi connectivity index (χ1) is 12.7. The summed E-state index contributed by atoms with van der Waals surface area (Å²) in [6.45, 7) is 2.91. The minimum atomic E-state index is -0.190. The van der Waals surface area contributed by atoms with Crippen LogP contribution in [0.15, 0.2) is 59.2 Å². The van der Waals surface area contributed by atoms with E-state index in [0.29, 0.717) is 24.7 Å². The number of nitrogens with zero attached hydrogens (tertiary/aromatic N) is 2. The summed E-state index contributed by atoms with van der Waals surface area (Å²) in [6.07, 6.45) is 3.42. The van der Waals surface area contributed by atoms with Crippen LogP contribution < -0.4 is 10.6 Å². The summed E-state index contributed by atoms with van der Waals surface area (Å²) in [7, 11) is 0. The topological polar surface area (TPSA) is 80.0 Å². The standard InChI is InChI=1S/C20H22N4O2/c1-15-13-18(24-20(23-15)22-14-17-10-6-12-26-17)19(25)21-11-5-9-16-7-3-2-4-8-16/h2-4,6-8,10,12-13H,5,9,11,14H2,1H3,(H,21,25)(H,22,23,24). The van der Waals surface area contributed by atoms with E-state index in [0.717, 1.165) is 24.3 Å². The van der Waals surface area contributed by atoms with Crippen LogP contribution in [-0.4, -0.2) is 22.4 Å². The molecule has 3 aromatic rings. The van der Waals surface area contributed by atoms with Crippen molar-refractivity contribution in [3.8, 4) is 0 Å². The van der Waals surface area contributed by atoms with Crippen LogP contribution in [0.3, 0.4) is 0 Å². The molecule has 6 heteroatoms. The fourth-order valence-electron chi connectivity index (χ4n) is 2.57. The van der Waals surface area contributed by atoms with Gasteiger partial charge >= 0.3 is 0 Å². The van der Waals surface area contributed by atoms with Crippen LogP contribution in [0.2, 0.25) is 0 Å². The summed E-state index contributed by atoms with van der Waals surface area (Å²) in [6, 6.07) is 15.6. The van der Waals surface area contributed by atoms with Gasteiger partial charge in [-0.05, 0) is 43.5 Å². The highest BCUT2D eigenvalue weighted by atomic mass is 16.3. The molecule has 0 unspecified atom stereocenters. The van der Waals surface area contributed by atoms with Gasteiger partial charge in [-0.2, -0.15) is 0 Å². The molecule has 1 aromatic carbocycles. The van der Waals surface area contributed by atoms with E-state index < -0.39 is 0 Å². The second-order valence-corrected chi connectivity index (χ2v) is 6.00. The van der Waals surface area contributed by atoms with Crippen LogP contribution in [-0.2, 0) is 13.0 Å². The van der Waals surface area contributed by atoms with Crippen molar-refractivity contribution in [2.45, 2.75) is 26.3 Å². The van der Waals surface area contributed by atoms with Crippen molar-refractivity contribution in [3.63, 3.8) is 0 Å². The van der Waals surface area contributed by atoms with Gasteiger partial charge in [0.2, 0.25) is 5.95 Å². The molecule has 2 heterocycles. The number of anilines is 1. The molecule has 0 bridgehead atoms. The minimum absolute atomic E-state index is 0.190. The molecule has 2 N–H and O–H groups in total. The average Bonchev–Trinajstić information content (AvgIpc) is 3.17. The average molecular weight is 350 g/mol. The number of furan rings is 1. The summed E-state index contributed by atoms with van der Waals surface area (Å²) in [4.78, 5) is 20.9. The second-order valence-electron chi connectivity index (χ2n) is 6.00. The van der Waals surface area contributed by atoms with Gasteiger partial charge in [0.15, 0.2) is 0 Å². The Balaban J connectivity index is 1.51. The van der Waals surface area contributed by atoms with E-state index in [9.17, 15) is 4.79 Å². The van der Waals surface area contributed by atoms with Gasteiger partial charge < -0.3 is 15.1 Å². The number of rotatable bonds is 8. The third kappa shape index (κ3) is 5.17. The van der Waals surface area contributed by atoms with E-state index in [2.05, 4.69) is 32.7 Å². The van der Waals surface area contributed by atoms with Crippen molar-refractivity contribution in [1.82, 2.24) is 15.3 Å². The van der Waals surface area contributed by atoms with Crippen molar-refractivity contribution in [1.29, 1.82) is 0 Å². The largest absolute Gasteiger partial charge is 0.467 e. The molecule has 0 spiro atoms. The van der Waals surface area contributed by atoms with E-state index >= 15 is 0 Å². The van der Waals surface area contributed by atoms with Gasteiger partial charge in [0.05, 0.1) is 12.8 Å². The Labute approximate surface area is 152 Å². The zero-order valence-corrected chi connectivity index (χ0v) is 14.7. The lowest BCUT2D eigenvalue weighted by Crippen LogP contribution is -2.26. The lowest BCUT2D eigenvalue weighted by molar-refractivity contribution is 0.0948. The molecule has 0 fully saturated rings. The number of carbonyl (C=O) groups excluding carboxylic acids is 1. The highest BCUT2D eigenvalue weighted by Gasteiger charge is 2.10. The summed E-state index contributed by atoms with van der Waals surface area (Å²) in [5.74, 6) is 1.00. The quantitative estimate of drug-likeness (QED) is 0.609. The number of amides is 1. The van der Waals surface area contributed by atoms with Gasteiger partial charge in [-0.25, -0.2) is 9.97 Å². The zero-order chi connectivity index (χ0) is 18.2. The van der Waals surface area contributed by atoms with Gasteiger partial charge in [0.25, 0.3) is 5.91 Å². The van der Waals surface area contributed by atoms with Crippen LogP contribution in [0.4, 0.5) is 5.95 Å². The molecule has 3 rings (SSSR count). The lowest BCUT2D eigenvalue weighted by Gasteiger charge is -2.08. The van der Waals surface area contributed by atoms with E-state index in [1.807, 2.05) is 37.3 Å². The summed E-state index contributed by atoms with van der Waals surface area (Å²) in [5.41, 5.74) is 2.36. The number of hydrogen-bond acceptors (Lipinski definition) is 5. The number of benzene rings is 1. The lowest BCUT2D eigenvalue weighted by atomic mass is 10.1. The number of hydrogen-bond donors (Lipinski definition) is 2. The van der Waals surface area contributed by atoms with Crippen LogP contribution in [0.1, 0.15) is 33.9 Å². The van der Waals surface area contributed by atoms with Crippen LogP contribution in [0, 0.1) is 6.92 Å². The fraction of sp³-hybridized carbons (Fsp3) is 0.250. The third-order valence-corrected chi connectivity index (χ3v) is 3.86. The molecular formula is C20H22N4O2. The molecule has 6 nitrogen and oxygen atoms in total. The number of aryl methyl sites for hydroxylation is 2. The normalized spacial score (nSPS) is 10.5. The Morgan fingerprint density at radius 2 is 1.96 bits per heavy atom. The molecule has 2 aromatic heterocycles. The minimum Gasteiger partial charge on any atom is -0.467 e. The molecule has 0 aliphatic rings. The highest BCUT2D eigenvalue weighted by molar-refractivity contribution is 5.92. The van der Waals surface area contributed by atoms with E-state index in [4.69, 9.17) is 4.42 Å². The van der Waals surface area contributed by atoms with Gasteiger partial charge in [-0.1, -0.05) is 30.3 Å². The fourth-order valence-corrected chi connectivity index (χ4v) is 2.57. The van der Waals surface area contributed by atoms with Gasteiger partial charge in [0, 0.05) is 12.2 Å². The van der Waals surface area contributed by atoms with Crippen molar-refractivity contribution < 1.29 is 9.21 Å². The maximum absolute atomic E-state index is 12.3. The number of aromatic nitrogens is 2. The molecule has 0 aliphatic carbocycles. The van der Waals surface area contributed by atoms with Crippen LogP contribution >= 0.6 is 0 Å². The Morgan fingerprint density at radius 3 is 2.73 bits per heavy atom. The Hall–Kier alpha value is -3.15. The number of carbonyl (C=O) groups is 1. The summed E-state index contributed by atoms with van der Waals surface area (Å²) >= 11 is 0. The molecule has 0 radical (unpaired) electrons. The van der Waals surface area contributed by atoms with Crippen LogP contribution in [0.25, 0.3) is 0 Å². The molecule has 26 heavy (non-hydrogen) atoms. The molecule has 0 saturated heterocycles. The first-order valence-electron chi connectivity index (χ1n) is 8.65. The Bertz CT molecular complexity index is 832. The smallest absolute Gasteiger partial charge is 0.270 e. The molecular weight excluding hydrogens is 328 g/mol. The van der Waals surface area contributed by atoms with E-state index in [-0.39, 0.29) is 5.91 Å². The maximum atomic E-state index is 12.3. The molecule has 0 saturated carbocycles. The predicted octanol–water partition coefficient (Wildman–Crippen LogP) is 3.35. The first kappa shape index (κ1) is 17.7. The Kier molecular flexibility index (Phi) is 5.98. The maximum Gasteiger partial charge on any atom is 0.270 e. The first-order valence-corrected chi connectivity index (χ1v) is 8.65. The summed E-state index contributed by atoms with van der Waals surface area (Å²) in [5, 5.41) is 5.99. The highest BCUT2D eigenvalue weighted by Crippen LogP contribution is 2.08. The molecule has 134 valence electrons. The summed E-state index contributed by atoms with van der Waals surface area (Å²) < 4.78 is 5.27. The van der Waals surface area contributed by atoms with Crippen molar-refractivity contribution in [3.05, 3.63) is 77.5 Å². The van der Waals surface area contributed by atoms with Gasteiger partial charge in [-0.3, -0.25) is 4.79 Å². The third-order valence-electron chi connectivity index (χ3n) is 3.86. The van der Waals surface area contributed by atoms with E-state index in [1.54, 1.807) is 12.3 Å². The monoisotopic (exact) mass is 350 g/mol.